The van der Waals surface area contributed by atoms with E-state index in [0.717, 1.165) is 0 Å². The molecule has 1 aromatic carbocycles. The third-order valence-corrected chi connectivity index (χ3v) is 3.26. The van der Waals surface area contributed by atoms with Crippen molar-refractivity contribution < 1.29 is 4.79 Å². The van der Waals surface area contributed by atoms with Gasteiger partial charge in [-0.25, -0.2) is 4.98 Å². The van der Waals surface area contributed by atoms with Crippen molar-refractivity contribution in [2.75, 3.05) is 5.32 Å². The number of hydrogen-bond donors (Lipinski definition) is 1. The SMILES string of the molecule is O=C(CCn1cnc2ccccc2c1=O)Nc1cccnc1. The van der Waals surface area contributed by atoms with Gasteiger partial charge in [0, 0.05) is 19.2 Å². The smallest absolute Gasteiger partial charge is 0.261 e. The van der Waals surface area contributed by atoms with E-state index in [-0.39, 0.29) is 24.4 Å². The van der Waals surface area contributed by atoms with Crippen LogP contribution in [0.5, 0.6) is 0 Å². The summed E-state index contributed by atoms with van der Waals surface area (Å²) >= 11 is 0. The number of amides is 1. The predicted molar refractivity (Wildman–Crippen MR) is 83.5 cm³/mol. The van der Waals surface area contributed by atoms with Crippen molar-refractivity contribution in [3.05, 3.63) is 65.5 Å². The lowest BCUT2D eigenvalue weighted by Crippen LogP contribution is -2.23. The van der Waals surface area contributed by atoms with Crippen molar-refractivity contribution >= 4 is 22.5 Å². The second-order valence-corrected chi connectivity index (χ2v) is 4.80. The number of aryl methyl sites for hydroxylation is 1. The lowest BCUT2D eigenvalue weighted by Gasteiger charge is -2.07. The van der Waals surface area contributed by atoms with Gasteiger partial charge in [0.2, 0.25) is 5.91 Å². The fraction of sp³-hybridized carbons (Fsp3) is 0.125. The average Bonchev–Trinajstić information content (AvgIpc) is 2.55. The van der Waals surface area contributed by atoms with Gasteiger partial charge in [-0.3, -0.25) is 19.1 Å². The fourth-order valence-corrected chi connectivity index (χ4v) is 2.15. The second kappa shape index (κ2) is 6.17. The number of hydrogen-bond acceptors (Lipinski definition) is 4. The molecule has 110 valence electrons. The fourth-order valence-electron chi connectivity index (χ4n) is 2.15. The number of carbonyl (C=O) groups excluding carboxylic acids is 1. The first-order valence-corrected chi connectivity index (χ1v) is 6.88. The number of fused-ring (bicyclic) bond motifs is 1. The zero-order valence-electron chi connectivity index (χ0n) is 11.8. The molecule has 0 radical (unpaired) electrons. The van der Waals surface area contributed by atoms with E-state index in [2.05, 4.69) is 15.3 Å². The Bertz CT molecular complexity index is 859. The molecule has 2 heterocycles. The van der Waals surface area contributed by atoms with E-state index in [0.29, 0.717) is 16.6 Å². The van der Waals surface area contributed by atoms with E-state index >= 15 is 0 Å². The summed E-state index contributed by atoms with van der Waals surface area (Å²) in [7, 11) is 0. The van der Waals surface area contributed by atoms with Crippen LogP contribution in [0.15, 0.2) is 59.9 Å². The van der Waals surface area contributed by atoms with Gasteiger partial charge in [-0.2, -0.15) is 0 Å². The predicted octanol–water partition coefficient (Wildman–Crippen LogP) is 1.82. The van der Waals surface area contributed by atoms with E-state index < -0.39 is 0 Å². The molecule has 1 amide bonds. The minimum Gasteiger partial charge on any atom is -0.325 e. The summed E-state index contributed by atoms with van der Waals surface area (Å²) in [6.07, 6.45) is 4.87. The van der Waals surface area contributed by atoms with Gasteiger partial charge in [0.05, 0.1) is 29.1 Å². The molecule has 6 nitrogen and oxygen atoms in total. The number of anilines is 1. The standard InChI is InChI=1S/C16H14N4O2/c21-15(19-12-4-3-8-17-10-12)7-9-20-11-18-14-6-2-1-5-13(14)16(20)22/h1-6,8,10-11H,7,9H2,(H,19,21). The summed E-state index contributed by atoms with van der Waals surface area (Å²) in [5, 5.41) is 3.28. The molecule has 3 rings (SSSR count). The van der Waals surface area contributed by atoms with Crippen LogP contribution in [0.2, 0.25) is 0 Å². The van der Waals surface area contributed by atoms with Crippen molar-refractivity contribution in [3.63, 3.8) is 0 Å². The van der Waals surface area contributed by atoms with E-state index in [1.54, 1.807) is 42.7 Å². The van der Waals surface area contributed by atoms with E-state index in [4.69, 9.17) is 0 Å². The number of para-hydroxylation sites is 1. The maximum Gasteiger partial charge on any atom is 0.261 e. The Morgan fingerprint density at radius 1 is 1.18 bits per heavy atom. The highest BCUT2D eigenvalue weighted by Crippen LogP contribution is 2.06. The highest BCUT2D eigenvalue weighted by atomic mass is 16.1. The van der Waals surface area contributed by atoms with Crippen LogP contribution >= 0.6 is 0 Å². The second-order valence-electron chi connectivity index (χ2n) is 4.80. The number of carbonyl (C=O) groups is 1. The summed E-state index contributed by atoms with van der Waals surface area (Å²) in [4.78, 5) is 32.3. The molecule has 0 atom stereocenters. The molecular weight excluding hydrogens is 280 g/mol. The minimum atomic E-state index is -0.173. The molecule has 0 fully saturated rings. The van der Waals surface area contributed by atoms with Crippen molar-refractivity contribution in [2.24, 2.45) is 0 Å². The maximum atomic E-state index is 12.3. The van der Waals surface area contributed by atoms with Crippen LogP contribution in [-0.4, -0.2) is 20.4 Å². The van der Waals surface area contributed by atoms with Crippen molar-refractivity contribution in [3.8, 4) is 0 Å². The number of aromatic nitrogens is 3. The lowest BCUT2D eigenvalue weighted by molar-refractivity contribution is -0.116. The Labute approximate surface area is 126 Å². The van der Waals surface area contributed by atoms with Crippen LogP contribution in [0.25, 0.3) is 10.9 Å². The summed E-state index contributed by atoms with van der Waals surface area (Å²) in [5.41, 5.74) is 1.15. The third-order valence-electron chi connectivity index (χ3n) is 3.26. The molecule has 0 saturated carbocycles. The Balaban J connectivity index is 1.70. The third kappa shape index (κ3) is 3.01. The molecule has 22 heavy (non-hydrogen) atoms. The Morgan fingerprint density at radius 3 is 2.86 bits per heavy atom. The molecule has 0 unspecified atom stereocenters. The molecule has 0 aliphatic carbocycles. The number of pyridine rings is 1. The zero-order chi connectivity index (χ0) is 15.4. The largest absolute Gasteiger partial charge is 0.325 e. The summed E-state index contributed by atoms with van der Waals surface area (Å²) in [6, 6.07) is 10.7. The number of rotatable bonds is 4. The number of nitrogens with one attached hydrogen (secondary N) is 1. The van der Waals surface area contributed by atoms with E-state index in [1.165, 1.54) is 10.9 Å². The van der Waals surface area contributed by atoms with Crippen LogP contribution in [0.1, 0.15) is 6.42 Å². The Kier molecular flexibility index (Phi) is 3.91. The van der Waals surface area contributed by atoms with Crippen LogP contribution in [-0.2, 0) is 11.3 Å². The van der Waals surface area contributed by atoms with E-state index in [9.17, 15) is 9.59 Å². The van der Waals surface area contributed by atoms with Crippen molar-refractivity contribution in [1.29, 1.82) is 0 Å². The van der Waals surface area contributed by atoms with Gasteiger partial charge in [0.1, 0.15) is 0 Å². The first-order valence-electron chi connectivity index (χ1n) is 6.88. The minimum absolute atomic E-state index is 0.139. The van der Waals surface area contributed by atoms with Gasteiger partial charge < -0.3 is 5.32 Å². The summed E-state index contributed by atoms with van der Waals surface area (Å²) < 4.78 is 1.45. The van der Waals surface area contributed by atoms with Gasteiger partial charge in [-0.05, 0) is 24.3 Å². The summed E-state index contributed by atoms with van der Waals surface area (Å²) in [6.45, 7) is 0.281. The highest BCUT2D eigenvalue weighted by Gasteiger charge is 2.06. The first-order chi connectivity index (χ1) is 10.7. The lowest BCUT2D eigenvalue weighted by atomic mass is 10.2. The highest BCUT2D eigenvalue weighted by molar-refractivity contribution is 5.90. The molecule has 0 spiro atoms. The normalized spacial score (nSPS) is 10.5. The van der Waals surface area contributed by atoms with Crippen LogP contribution in [0, 0.1) is 0 Å². The maximum absolute atomic E-state index is 12.3. The van der Waals surface area contributed by atoms with Crippen LogP contribution in [0.4, 0.5) is 5.69 Å². The van der Waals surface area contributed by atoms with Crippen LogP contribution < -0.4 is 10.9 Å². The summed E-state index contributed by atoms with van der Waals surface area (Å²) in [5.74, 6) is -0.173. The monoisotopic (exact) mass is 294 g/mol. The molecule has 0 aliphatic rings. The van der Waals surface area contributed by atoms with Gasteiger partial charge >= 0.3 is 0 Å². The number of nitrogens with zero attached hydrogens (tertiary/aromatic N) is 3. The van der Waals surface area contributed by atoms with Crippen molar-refractivity contribution in [2.45, 2.75) is 13.0 Å². The number of benzene rings is 1. The topological polar surface area (TPSA) is 76.9 Å². The van der Waals surface area contributed by atoms with Crippen molar-refractivity contribution in [1.82, 2.24) is 14.5 Å². The van der Waals surface area contributed by atoms with Gasteiger partial charge in [-0.15, -0.1) is 0 Å². The van der Waals surface area contributed by atoms with Crippen LogP contribution in [0.3, 0.4) is 0 Å². The molecular formula is C16H14N4O2. The van der Waals surface area contributed by atoms with E-state index in [1.807, 2.05) is 6.07 Å². The molecule has 6 heteroatoms. The molecule has 1 N–H and O–H groups in total. The van der Waals surface area contributed by atoms with Gasteiger partial charge in [0.25, 0.3) is 5.56 Å². The van der Waals surface area contributed by atoms with Gasteiger partial charge in [0.15, 0.2) is 0 Å². The van der Waals surface area contributed by atoms with Gasteiger partial charge in [-0.1, -0.05) is 12.1 Å². The Hall–Kier alpha value is -3.02. The molecule has 0 aliphatic heterocycles. The zero-order valence-corrected chi connectivity index (χ0v) is 11.8. The molecule has 2 aromatic heterocycles. The quantitative estimate of drug-likeness (QED) is 0.796. The first kappa shape index (κ1) is 13.9. The molecule has 0 saturated heterocycles. The average molecular weight is 294 g/mol. The Morgan fingerprint density at radius 2 is 2.05 bits per heavy atom. The molecule has 0 bridgehead atoms. The molecule has 3 aromatic rings.